The van der Waals surface area contributed by atoms with Gasteiger partial charge in [0.1, 0.15) is 5.82 Å². The first-order valence-corrected chi connectivity index (χ1v) is 10.9. The highest BCUT2D eigenvalue weighted by atomic mass is 19.1. The molecule has 1 aliphatic rings. The topological polar surface area (TPSA) is 40.0 Å². The van der Waals surface area contributed by atoms with Gasteiger partial charge in [-0.05, 0) is 53.1 Å². The Morgan fingerprint density at radius 1 is 0.818 bits per heavy atom. The molecule has 4 aromatic rings. The molecule has 1 aliphatic heterocycles. The molecule has 0 amide bonds. The molecule has 0 saturated heterocycles. The largest absolute Gasteiger partial charge is 0.279 e. The summed E-state index contributed by atoms with van der Waals surface area (Å²) in [5, 5.41) is 11.3. The molecule has 1 unspecified atom stereocenters. The molecule has 0 bridgehead atoms. The van der Waals surface area contributed by atoms with Crippen LogP contribution in [0.25, 0.3) is 0 Å². The van der Waals surface area contributed by atoms with Crippen molar-refractivity contribution in [1.82, 2.24) is 0 Å². The van der Waals surface area contributed by atoms with Crippen LogP contribution in [0.1, 0.15) is 29.2 Å². The standard InChI is InChI=1S/C28H23FN4/c29-24-15-13-23(14-16-24)28-19-27(22-7-3-1-4-8-22)32-33(28)26-17-11-21(12-18-26)20-30-31-25-9-5-2-6-10-25/h1-18,20,28,31H,19H2. The number of para-hydroxylation sites is 1. The van der Waals surface area contributed by atoms with Crippen molar-refractivity contribution in [2.24, 2.45) is 10.2 Å². The maximum atomic E-state index is 13.5. The van der Waals surface area contributed by atoms with E-state index in [1.807, 2.05) is 89.9 Å². The third-order valence-corrected chi connectivity index (χ3v) is 5.61. The van der Waals surface area contributed by atoms with Gasteiger partial charge < -0.3 is 0 Å². The molecule has 0 fully saturated rings. The third-order valence-electron chi connectivity index (χ3n) is 5.61. The summed E-state index contributed by atoms with van der Waals surface area (Å²) >= 11 is 0. The Morgan fingerprint density at radius 2 is 1.48 bits per heavy atom. The van der Waals surface area contributed by atoms with Crippen LogP contribution in [-0.4, -0.2) is 11.9 Å². The molecule has 0 spiro atoms. The van der Waals surface area contributed by atoms with E-state index < -0.39 is 0 Å². The second kappa shape index (κ2) is 9.49. The fraction of sp³-hybridized carbons (Fsp3) is 0.0714. The zero-order chi connectivity index (χ0) is 22.5. The molecule has 4 aromatic carbocycles. The number of nitrogens with one attached hydrogen (secondary N) is 1. The maximum Gasteiger partial charge on any atom is 0.123 e. The highest BCUT2D eigenvalue weighted by molar-refractivity contribution is 6.03. The fourth-order valence-corrected chi connectivity index (χ4v) is 3.91. The first-order valence-electron chi connectivity index (χ1n) is 10.9. The summed E-state index contributed by atoms with van der Waals surface area (Å²) in [7, 11) is 0. The van der Waals surface area contributed by atoms with Gasteiger partial charge in [0.25, 0.3) is 0 Å². The van der Waals surface area contributed by atoms with E-state index in [-0.39, 0.29) is 11.9 Å². The van der Waals surface area contributed by atoms with E-state index in [4.69, 9.17) is 5.10 Å². The van der Waals surface area contributed by atoms with E-state index in [1.165, 1.54) is 12.1 Å². The van der Waals surface area contributed by atoms with E-state index in [9.17, 15) is 4.39 Å². The Bertz CT molecular complexity index is 1250. The zero-order valence-electron chi connectivity index (χ0n) is 18.0. The molecule has 162 valence electrons. The first kappa shape index (κ1) is 20.6. The zero-order valence-corrected chi connectivity index (χ0v) is 18.0. The normalized spacial score (nSPS) is 15.6. The molecule has 0 aliphatic carbocycles. The minimum Gasteiger partial charge on any atom is -0.279 e. The van der Waals surface area contributed by atoms with Gasteiger partial charge in [-0.25, -0.2) is 4.39 Å². The molecule has 4 nitrogen and oxygen atoms in total. The van der Waals surface area contributed by atoms with Crippen molar-refractivity contribution in [1.29, 1.82) is 0 Å². The summed E-state index contributed by atoms with van der Waals surface area (Å²) in [6.45, 7) is 0. The smallest absolute Gasteiger partial charge is 0.123 e. The van der Waals surface area contributed by atoms with Gasteiger partial charge in [-0.3, -0.25) is 10.4 Å². The summed E-state index contributed by atoms with van der Waals surface area (Å²) in [6, 6.07) is 34.8. The van der Waals surface area contributed by atoms with Crippen molar-refractivity contribution in [3.05, 3.63) is 132 Å². The number of benzene rings is 4. The van der Waals surface area contributed by atoms with Gasteiger partial charge in [-0.15, -0.1) is 0 Å². The summed E-state index contributed by atoms with van der Waals surface area (Å²) in [6.07, 6.45) is 2.54. The van der Waals surface area contributed by atoms with Gasteiger partial charge >= 0.3 is 0 Å². The number of halogens is 1. The van der Waals surface area contributed by atoms with Gasteiger partial charge in [0.2, 0.25) is 0 Å². The van der Waals surface area contributed by atoms with Crippen LogP contribution in [0, 0.1) is 5.82 Å². The van der Waals surface area contributed by atoms with Crippen molar-refractivity contribution in [3.8, 4) is 0 Å². The van der Waals surface area contributed by atoms with Crippen LogP contribution in [0.3, 0.4) is 0 Å². The van der Waals surface area contributed by atoms with Gasteiger partial charge in [0.05, 0.1) is 29.3 Å². The summed E-state index contributed by atoms with van der Waals surface area (Å²) < 4.78 is 13.5. The highest BCUT2D eigenvalue weighted by Crippen LogP contribution is 2.36. The van der Waals surface area contributed by atoms with E-state index >= 15 is 0 Å². The molecule has 0 radical (unpaired) electrons. The summed E-state index contributed by atoms with van der Waals surface area (Å²) in [4.78, 5) is 0. The molecule has 5 heteroatoms. The predicted molar refractivity (Wildman–Crippen MR) is 133 cm³/mol. The molecule has 1 N–H and O–H groups in total. The van der Waals surface area contributed by atoms with Crippen molar-refractivity contribution in [2.75, 3.05) is 10.4 Å². The van der Waals surface area contributed by atoms with Crippen LogP contribution in [0.15, 0.2) is 119 Å². The lowest BCUT2D eigenvalue weighted by Gasteiger charge is -2.24. The Balaban J connectivity index is 1.39. The van der Waals surface area contributed by atoms with Crippen molar-refractivity contribution >= 4 is 23.3 Å². The molecule has 1 heterocycles. The average Bonchev–Trinajstić information content (AvgIpc) is 3.32. The third kappa shape index (κ3) is 4.83. The molecule has 0 aromatic heterocycles. The number of nitrogens with zero attached hydrogens (tertiary/aromatic N) is 3. The van der Waals surface area contributed by atoms with Crippen LogP contribution in [-0.2, 0) is 0 Å². The van der Waals surface area contributed by atoms with Crippen LogP contribution < -0.4 is 10.4 Å². The maximum absolute atomic E-state index is 13.5. The summed E-state index contributed by atoms with van der Waals surface area (Å²) in [5.74, 6) is -0.236. The molecule has 33 heavy (non-hydrogen) atoms. The van der Waals surface area contributed by atoms with Crippen LogP contribution in [0.4, 0.5) is 15.8 Å². The number of rotatable bonds is 6. The van der Waals surface area contributed by atoms with Gasteiger partial charge in [-0.1, -0.05) is 72.8 Å². The van der Waals surface area contributed by atoms with Gasteiger partial charge in [0, 0.05) is 6.42 Å². The second-order valence-corrected chi connectivity index (χ2v) is 7.86. The molecule has 1 atom stereocenters. The number of hydrogen-bond acceptors (Lipinski definition) is 4. The lowest BCUT2D eigenvalue weighted by atomic mass is 9.98. The van der Waals surface area contributed by atoms with Crippen molar-refractivity contribution < 1.29 is 4.39 Å². The quantitative estimate of drug-likeness (QED) is 0.273. The lowest BCUT2D eigenvalue weighted by Crippen LogP contribution is -2.18. The van der Waals surface area contributed by atoms with Gasteiger partial charge in [0.15, 0.2) is 0 Å². The number of hydrogen-bond donors (Lipinski definition) is 1. The predicted octanol–water partition coefficient (Wildman–Crippen LogP) is 6.63. The molecular formula is C28H23FN4. The van der Waals surface area contributed by atoms with Gasteiger partial charge in [-0.2, -0.15) is 10.2 Å². The van der Waals surface area contributed by atoms with Crippen LogP contribution >= 0.6 is 0 Å². The Kier molecular flexibility index (Phi) is 5.93. The molecule has 5 rings (SSSR count). The fourth-order valence-electron chi connectivity index (χ4n) is 3.91. The molecule has 0 saturated carbocycles. The minimum absolute atomic E-state index is 0.0000653. The van der Waals surface area contributed by atoms with E-state index in [1.54, 1.807) is 6.21 Å². The Labute approximate surface area is 192 Å². The van der Waals surface area contributed by atoms with E-state index in [0.29, 0.717) is 0 Å². The molecular weight excluding hydrogens is 411 g/mol. The second-order valence-electron chi connectivity index (χ2n) is 7.86. The average molecular weight is 435 g/mol. The highest BCUT2D eigenvalue weighted by Gasteiger charge is 2.29. The monoisotopic (exact) mass is 434 g/mol. The Morgan fingerprint density at radius 3 is 2.18 bits per heavy atom. The first-order chi connectivity index (χ1) is 16.3. The Hall–Kier alpha value is -4.25. The number of anilines is 2. The number of hydrazone groups is 2. The van der Waals surface area contributed by atoms with Crippen LogP contribution in [0.5, 0.6) is 0 Å². The van der Waals surface area contributed by atoms with Crippen molar-refractivity contribution in [2.45, 2.75) is 12.5 Å². The van der Waals surface area contributed by atoms with E-state index in [2.05, 4.69) is 22.7 Å². The van der Waals surface area contributed by atoms with Crippen molar-refractivity contribution in [3.63, 3.8) is 0 Å². The van der Waals surface area contributed by atoms with E-state index in [0.717, 1.165) is 40.2 Å². The summed E-state index contributed by atoms with van der Waals surface area (Å²) in [5.41, 5.74) is 9.07. The SMILES string of the molecule is Fc1ccc(C2CC(c3ccccc3)=NN2c2ccc(C=NNc3ccccc3)cc2)cc1. The lowest BCUT2D eigenvalue weighted by molar-refractivity contribution is 0.624. The minimum atomic E-state index is -0.236. The van der Waals surface area contributed by atoms with Crippen LogP contribution in [0.2, 0.25) is 0 Å².